The lowest BCUT2D eigenvalue weighted by atomic mass is 10.2. The first-order valence-electron chi connectivity index (χ1n) is 9.99. The van der Waals surface area contributed by atoms with Crippen molar-refractivity contribution < 1.29 is 19.4 Å². The van der Waals surface area contributed by atoms with E-state index in [9.17, 15) is 9.90 Å². The number of rotatable bonds is 6. The van der Waals surface area contributed by atoms with Crippen molar-refractivity contribution in [3.05, 3.63) is 88.8 Å². The molecule has 0 unspecified atom stereocenters. The average Bonchev–Trinajstić information content (AvgIpc) is 3.15. The first kappa shape index (κ1) is 22.2. The van der Waals surface area contributed by atoms with Crippen LogP contribution in [0.15, 0.2) is 87.9 Å². The van der Waals surface area contributed by atoms with Crippen LogP contribution in [0.3, 0.4) is 0 Å². The number of benzene rings is 3. The van der Waals surface area contributed by atoms with Crippen LogP contribution in [-0.4, -0.2) is 36.6 Å². The summed E-state index contributed by atoms with van der Waals surface area (Å²) in [4.78, 5) is 15.2. The van der Waals surface area contributed by atoms with Gasteiger partial charge in [-0.1, -0.05) is 12.1 Å². The van der Waals surface area contributed by atoms with E-state index in [1.54, 1.807) is 38.6 Å². The number of carbonyl (C=O) groups is 1. The van der Waals surface area contributed by atoms with E-state index in [1.165, 1.54) is 28.8 Å². The molecule has 8 heteroatoms. The van der Waals surface area contributed by atoms with Crippen LogP contribution in [0.5, 0.6) is 17.2 Å². The van der Waals surface area contributed by atoms with Gasteiger partial charge in [0.05, 0.1) is 31.0 Å². The van der Waals surface area contributed by atoms with Crippen LogP contribution in [0.1, 0.15) is 11.1 Å². The fraction of sp³-hybridized carbons (Fsp3) is 0.0800. The zero-order chi connectivity index (χ0) is 23.2. The van der Waals surface area contributed by atoms with Gasteiger partial charge < -0.3 is 14.6 Å². The van der Waals surface area contributed by atoms with Gasteiger partial charge in [0.2, 0.25) is 5.17 Å². The van der Waals surface area contributed by atoms with E-state index < -0.39 is 0 Å². The number of nitrogens with zero attached hydrogens (tertiary/aromatic N) is 3. The van der Waals surface area contributed by atoms with Gasteiger partial charge in [0, 0.05) is 0 Å². The molecule has 4 rings (SSSR count). The van der Waals surface area contributed by atoms with E-state index >= 15 is 0 Å². The molecular formula is C25H21N3O4S. The SMILES string of the molecule is COc1ccc(/C=N\N=C2/S/C(=C\c3ccc(OC)cc3)C(=O)N2c2ccc(O)cc2)cc1. The largest absolute Gasteiger partial charge is 0.508 e. The summed E-state index contributed by atoms with van der Waals surface area (Å²) in [5.74, 6) is 1.38. The fourth-order valence-electron chi connectivity index (χ4n) is 3.06. The molecule has 1 amide bonds. The number of thioether (sulfide) groups is 1. The molecule has 0 aliphatic carbocycles. The highest BCUT2D eigenvalue weighted by molar-refractivity contribution is 8.19. The quantitative estimate of drug-likeness (QED) is 0.321. The van der Waals surface area contributed by atoms with Crippen molar-refractivity contribution in [1.82, 2.24) is 0 Å². The summed E-state index contributed by atoms with van der Waals surface area (Å²) in [6.45, 7) is 0. The Morgan fingerprint density at radius 2 is 1.42 bits per heavy atom. The number of phenolic OH excluding ortho intramolecular Hbond substituents is 1. The van der Waals surface area contributed by atoms with Gasteiger partial charge in [-0.05, 0) is 89.6 Å². The van der Waals surface area contributed by atoms with Gasteiger partial charge >= 0.3 is 0 Å². The third-order valence-electron chi connectivity index (χ3n) is 4.79. The predicted molar refractivity (Wildman–Crippen MR) is 132 cm³/mol. The molecule has 1 aliphatic rings. The first-order chi connectivity index (χ1) is 16.1. The number of amidine groups is 1. The van der Waals surface area contributed by atoms with E-state index in [-0.39, 0.29) is 11.7 Å². The monoisotopic (exact) mass is 459 g/mol. The van der Waals surface area contributed by atoms with E-state index in [2.05, 4.69) is 10.2 Å². The number of anilines is 1. The van der Waals surface area contributed by atoms with Crippen molar-refractivity contribution in [3.8, 4) is 17.2 Å². The molecule has 166 valence electrons. The van der Waals surface area contributed by atoms with Crippen molar-refractivity contribution in [1.29, 1.82) is 0 Å². The van der Waals surface area contributed by atoms with E-state index in [4.69, 9.17) is 9.47 Å². The van der Waals surface area contributed by atoms with Crippen molar-refractivity contribution in [2.24, 2.45) is 10.2 Å². The standard InChI is InChI=1S/C25H21N3O4S/c1-31-21-11-3-17(4-12-21)15-23-24(30)28(19-7-9-20(29)10-8-19)25(33-23)27-26-16-18-5-13-22(32-2)14-6-18/h3-16,29H,1-2H3/b23-15-,26-16-,27-25-. The van der Waals surface area contributed by atoms with Gasteiger partial charge in [-0.3, -0.25) is 9.69 Å². The normalized spacial score (nSPS) is 16.2. The molecule has 0 atom stereocenters. The molecule has 0 spiro atoms. The molecule has 1 saturated heterocycles. The van der Waals surface area contributed by atoms with Crippen molar-refractivity contribution in [2.75, 3.05) is 19.1 Å². The minimum absolute atomic E-state index is 0.114. The van der Waals surface area contributed by atoms with Gasteiger partial charge in [0.15, 0.2) is 0 Å². The molecular weight excluding hydrogens is 438 g/mol. The number of hydrogen-bond acceptors (Lipinski definition) is 7. The predicted octanol–water partition coefficient (Wildman–Crippen LogP) is 4.92. The summed E-state index contributed by atoms with van der Waals surface area (Å²) >= 11 is 1.23. The molecule has 3 aromatic rings. The number of methoxy groups -OCH3 is 2. The Morgan fingerprint density at radius 1 is 0.848 bits per heavy atom. The molecule has 1 N–H and O–H groups in total. The number of amides is 1. The lowest BCUT2D eigenvalue weighted by Crippen LogP contribution is -2.28. The van der Waals surface area contributed by atoms with Crippen molar-refractivity contribution in [2.45, 2.75) is 0 Å². The summed E-state index contributed by atoms with van der Waals surface area (Å²) in [5, 5.41) is 18.5. The van der Waals surface area contributed by atoms with Gasteiger partial charge in [-0.15, -0.1) is 5.10 Å². The highest BCUT2D eigenvalue weighted by Crippen LogP contribution is 2.36. The maximum Gasteiger partial charge on any atom is 0.271 e. The third-order valence-corrected chi connectivity index (χ3v) is 5.75. The molecule has 3 aromatic carbocycles. The van der Waals surface area contributed by atoms with Crippen LogP contribution in [0.25, 0.3) is 6.08 Å². The van der Waals surface area contributed by atoms with Gasteiger partial charge in [-0.2, -0.15) is 5.10 Å². The minimum atomic E-state index is -0.222. The number of aromatic hydroxyl groups is 1. The van der Waals surface area contributed by atoms with Crippen molar-refractivity contribution >= 4 is 40.8 Å². The Kier molecular flexibility index (Phi) is 6.75. The Hall–Kier alpha value is -4.04. The first-order valence-corrected chi connectivity index (χ1v) is 10.8. The molecule has 0 radical (unpaired) electrons. The Labute approximate surface area is 195 Å². The number of hydrogen-bond donors (Lipinski definition) is 1. The number of carbonyl (C=O) groups excluding carboxylic acids is 1. The fourth-order valence-corrected chi connectivity index (χ4v) is 3.99. The summed E-state index contributed by atoms with van der Waals surface area (Å²) in [6, 6.07) is 21.2. The van der Waals surface area contributed by atoms with Crippen LogP contribution >= 0.6 is 11.8 Å². The second-order valence-corrected chi connectivity index (χ2v) is 7.95. The van der Waals surface area contributed by atoms with Gasteiger partial charge in [0.1, 0.15) is 17.2 Å². The van der Waals surface area contributed by atoms with E-state index in [0.29, 0.717) is 15.8 Å². The lowest BCUT2D eigenvalue weighted by molar-refractivity contribution is -0.113. The van der Waals surface area contributed by atoms with Gasteiger partial charge in [-0.25, -0.2) is 0 Å². The summed E-state index contributed by atoms with van der Waals surface area (Å²) in [7, 11) is 3.22. The Bertz CT molecular complexity index is 1220. The zero-order valence-corrected chi connectivity index (χ0v) is 18.8. The second-order valence-electron chi connectivity index (χ2n) is 6.94. The lowest BCUT2D eigenvalue weighted by Gasteiger charge is -2.14. The molecule has 0 saturated carbocycles. The second kappa shape index (κ2) is 10.1. The number of ether oxygens (including phenoxy) is 2. The molecule has 1 aliphatic heterocycles. The highest BCUT2D eigenvalue weighted by atomic mass is 32.2. The Morgan fingerprint density at radius 3 is 2.00 bits per heavy atom. The maximum absolute atomic E-state index is 13.2. The topological polar surface area (TPSA) is 83.7 Å². The van der Waals surface area contributed by atoms with E-state index in [0.717, 1.165) is 22.6 Å². The summed E-state index contributed by atoms with van der Waals surface area (Å²) in [6.07, 6.45) is 3.41. The van der Waals surface area contributed by atoms with Crippen molar-refractivity contribution in [3.63, 3.8) is 0 Å². The number of phenols is 1. The highest BCUT2D eigenvalue weighted by Gasteiger charge is 2.35. The Balaban J connectivity index is 1.64. The van der Waals surface area contributed by atoms with Crippen LogP contribution < -0.4 is 14.4 Å². The van der Waals surface area contributed by atoms with Crippen LogP contribution in [-0.2, 0) is 4.79 Å². The third kappa shape index (κ3) is 5.24. The maximum atomic E-state index is 13.2. The van der Waals surface area contributed by atoms with Crippen LogP contribution in [0, 0.1) is 0 Å². The zero-order valence-electron chi connectivity index (χ0n) is 18.0. The molecule has 1 heterocycles. The van der Waals surface area contributed by atoms with E-state index in [1.807, 2.05) is 48.5 Å². The molecule has 7 nitrogen and oxygen atoms in total. The van der Waals surface area contributed by atoms with Gasteiger partial charge in [0.25, 0.3) is 5.91 Å². The smallest absolute Gasteiger partial charge is 0.271 e. The molecule has 33 heavy (non-hydrogen) atoms. The molecule has 0 bridgehead atoms. The average molecular weight is 460 g/mol. The minimum Gasteiger partial charge on any atom is -0.508 e. The summed E-state index contributed by atoms with van der Waals surface area (Å²) in [5.41, 5.74) is 2.29. The molecule has 0 aromatic heterocycles. The molecule has 1 fully saturated rings. The van der Waals surface area contributed by atoms with Crippen LogP contribution in [0.4, 0.5) is 5.69 Å². The van der Waals surface area contributed by atoms with Crippen LogP contribution in [0.2, 0.25) is 0 Å². The summed E-state index contributed by atoms with van der Waals surface area (Å²) < 4.78 is 10.4.